The second kappa shape index (κ2) is 10.8. The van der Waals surface area contributed by atoms with Gasteiger partial charge in [-0.2, -0.15) is 23.2 Å². The average Bonchev–Trinajstić information content (AvgIpc) is 3.83. The zero-order valence-electron chi connectivity index (χ0n) is 27.5. The first-order chi connectivity index (χ1) is 25.1. The number of hydrogen-bond donors (Lipinski definition) is 0. The Morgan fingerprint density at radius 1 is 0.642 bits per heavy atom. The summed E-state index contributed by atoms with van der Waals surface area (Å²) >= 11 is 6.18. The summed E-state index contributed by atoms with van der Waals surface area (Å²) in [5.74, 6) is -11.8. The highest BCUT2D eigenvalue weighted by Gasteiger charge is 2.76. The zero-order chi connectivity index (χ0) is 37.7. The Bertz CT molecular complexity index is 2240. The number of fused-ring (bicyclic) bond motifs is 8. The van der Waals surface area contributed by atoms with Crippen molar-refractivity contribution in [2.45, 2.75) is 51.1 Å². The van der Waals surface area contributed by atoms with Gasteiger partial charge in [0.25, 0.3) is 35.4 Å². The van der Waals surface area contributed by atoms with Gasteiger partial charge in [0.2, 0.25) is 11.8 Å². The number of rotatable bonds is 5. The molecule has 270 valence electrons. The van der Waals surface area contributed by atoms with Gasteiger partial charge < -0.3 is 4.74 Å². The van der Waals surface area contributed by atoms with Crippen molar-refractivity contribution in [1.29, 1.82) is 0 Å². The van der Waals surface area contributed by atoms with Crippen molar-refractivity contribution in [1.82, 2.24) is 14.9 Å². The Morgan fingerprint density at radius 2 is 1.08 bits per heavy atom. The molecule has 0 aromatic heterocycles. The molecule has 0 spiro atoms. The first kappa shape index (κ1) is 33.4. The molecule has 0 saturated carbocycles. The summed E-state index contributed by atoms with van der Waals surface area (Å²) in [5.41, 5.74) is -2.62. The SMILES string of the molecule is CCC(CC)N1C(=O)C2C3OC(C2C1=O)C1C(=O)N(N2C(=O)c4ccc5c6c(ccc(c46)C2=O)C(=O)N(c2cc(C(F)(F)F)ccc2Cl)C5=O)C(=O)C31. The number of anilines is 1. The summed E-state index contributed by atoms with van der Waals surface area (Å²) in [5, 5.41) is 0.258. The molecule has 0 N–H and O–H groups in total. The lowest BCUT2D eigenvalue weighted by atomic mass is 9.70. The summed E-state index contributed by atoms with van der Waals surface area (Å²) in [4.78, 5) is 113. The number of benzene rings is 3. The quantitative estimate of drug-likeness (QED) is 0.352. The maximum atomic E-state index is 14.1. The summed E-state index contributed by atoms with van der Waals surface area (Å²) in [6, 6.07) is 6.41. The second-order valence-electron chi connectivity index (χ2n) is 13.8. The topological polar surface area (TPSA) is 159 Å². The van der Waals surface area contributed by atoms with E-state index in [9.17, 15) is 51.5 Å². The van der Waals surface area contributed by atoms with Crippen LogP contribution in [-0.2, 0) is 30.1 Å². The van der Waals surface area contributed by atoms with E-state index in [4.69, 9.17) is 16.3 Å². The van der Waals surface area contributed by atoms with Crippen molar-refractivity contribution in [3.05, 3.63) is 75.3 Å². The van der Waals surface area contributed by atoms with Crippen molar-refractivity contribution in [3.8, 4) is 0 Å². The van der Waals surface area contributed by atoms with E-state index < -0.39 is 101 Å². The van der Waals surface area contributed by atoms with E-state index in [1.807, 2.05) is 13.8 Å². The van der Waals surface area contributed by atoms with E-state index in [0.717, 1.165) is 30.3 Å². The molecule has 6 unspecified atom stereocenters. The highest BCUT2D eigenvalue weighted by molar-refractivity contribution is 6.42. The molecule has 4 fully saturated rings. The van der Waals surface area contributed by atoms with Gasteiger partial charge in [-0.1, -0.05) is 25.4 Å². The summed E-state index contributed by atoms with van der Waals surface area (Å²) < 4.78 is 46.6. The number of carbonyl (C=O) groups excluding carboxylic acids is 8. The molecule has 9 rings (SSSR count). The molecule has 3 aromatic carbocycles. The number of likely N-dealkylation sites (tertiary alicyclic amines) is 1. The molecule has 0 radical (unpaired) electrons. The molecular weight excluding hydrogens is 725 g/mol. The van der Waals surface area contributed by atoms with E-state index >= 15 is 0 Å². The largest absolute Gasteiger partial charge is 0.416 e. The van der Waals surface area contributed by atoms with Crippen molar-refractivity contribution >= 4 is 75.3 Å². The highest BCUT2D eigenvalue weighted by Crippen LogP contribution is 2.58. The minimum Gasteiger partial charge on any atom is -0.372 e. The number of nitrogens with zero attached hydrogens (tertiary/aromatic N) is 4. The fourth-order valence-electron chi connectivity index (χ4n) is 9.12. The summed E-state index contributed by atoms with van der Waals surface area (Å²) in [6.45, 7) is 3.68. The monoisotopic (exact) mass is 748 g/mol. The molecule has 2 bridgehead atoms. The number of hydrogen-bond acceptors (Lipinski definition) is 9. The smallest absolute Gasteiger partial charge is 0.372 e. The minimum atomic E-state index is -4.82. The fourth-order valence-corrected chi connectivity index (χ4v) is 9.32. The number of carbonyl (C=O) groups is 8. The maximum absolute atomic E-state index is 14.1. The molecule has 17 heteroatoms. The molecule has 8 amide bonds. The van der Waals surface area contributed by atoms with Crippen LogP contribution in [0.2, 0.25) is 5.02 Å². The molecular formula is C36H24ClF3N4O9. The van der Waals surface area contributed by atoms with Gasteiger partial charge in [-0.15, -0.1) is 0 Å². The number of halogens is 4. The number of hydrazine groups is 1. The van der Waals surface area contributed by atoms with E-state index in [0.29, 0.717) is 39.9 Å². The van der Waals surface area contributed by atoms with E-state index in [2.05, 4.69) is 0 Å². The van der Waals surface area contributed by atoms with E-state index in [1.165, 1.54) is 4.90 Å². The normalized spacial score (nSPS) is 27.5. The lowest BCUT2D eigenvalue weighted by Gasteiger charge is -2.35. The van der Waals surface area contributed by atoms with Gasteiger partial charge >= 0.3 is 6.18 Å². The first-order valence-corrected chi connectivity index (χ1v) is 17.2. The molecule has 6 aliphatic rings. The van der Waals surface area contributed by atoms with Crippen molar-refractivity contribution < 1.29 is 56.3 Å². The van der Waals surface area contributed by atoms with Crippen LogP contribution in [0.5, 0.6) is 0 Å². The lowest BCUT2D eigenvalue weighted by molar-refractivity contribution is -0.155. The molecule has 6 atom stereocenters. The van der Waals surface area contributed by atoms with Crippen LogP contribution in [0.15, 0.2) is 42.5 Å². The molecule has 13 nitrogen and oxygen atoms in total. The number of amides is 8. The van der Waals surface area contributed by atoms with Crippen molar-refractivity contribution in [2.24, 2.45) is 23.7 Å². The Labute approximate surface area is 301 Å². The van der Waals surface area contributed by atoms with Gasteiger partial charge in [0.1, 0.15) is 0 Å². The summed E-state index contributed by atoms with van der Waals surface area (Å²) in [6.07, 6.45) is -6.05. The van der Waals surface area contributed by atoms with Gasteiger partial charge in [0.15, 0.2) is 0 Å². The van der Waals surface area contributed by atoms with E-state index in [-0.39, 0.29) is 44.1 Å². The molecule has 0 aliphatic carbocycles. The van der Waals surface area contributed by atoms with Crippen LogP contribution in [0, 0.1) is 23.7 Å². The number of imide groups is 4. The predicted molar refractivity (Wildman–Crippen MR) is 173 cm³/mol. The van der Waals surface area contributed by atoms with Crippen LogP contribution in [-0.4, -0.2) is 80.4 Å². The average molecular weight is 749 g/mol. The van der Waals surface area contributed by atoms with Crippen LogP contribution in [0.4, 0.5) is 18.9 Å². The van der Waals surface area contributed by atoms with Gasteiger partial charge in [-0.25, -0.2) is 4.90 Å². The van der Waals surface area contributed by atoms with Gasteiger partial charge in [0.05, 0.1) is 63.3 Å². The van der Waals surface area contributed by atoms with Gasteiger partial charge in [-0.05, 0) is 55.3 Å². The van der Waals surface area contributed by atoms with Crippen molar-refractivity contribution in [3.63, 3.8) is 0 Å². The first-order valence-electron chi connectivity index (χ1n) is 16.8. The van der Waals surface area contributed by atoms with Crippen LogP contribution in [0.3, 0.4) is 0 Å². The van der Waals surface area contributed by atoms with Crippen LogP contribution in [0.1, 0.15) is 73.7 Å². The molecule has 6 aliphatic heterocycles. The zero-order valence-corrected chi connectivity index (χ0v) is 28.2. The second-order valence-corrected chi connectivity index (χ2v) is 14.2. The van der Waals surface area contributed by atoms with Crippen LogP contribution in [0.25, 0.3) is 10.8 Å². The molecule has 6 heterocycles. The van der Waals surface area contributed by atoms with Crippen LogP contribution >= 0.6 is 11.6 Å². The standard InChI is InChI=1S/C36H24ClF3N4O9/c1-3-13(4-2)41-32(49)22-23(33(41)50)27-25-24(26(22)53-27)34(51)44(35(25)52)43-30(47)16-8-6-14-20-15(7-9-17(21(16)20)31(43)48)29(46)42(28(14)45)19-11-12(36(38,39)40)5-10-18(19)37/h5-11,13,22-27H,3-4H2,1-2H3. The minimum absolute atomic E-state index is 0.120. The third-order valence-electron chi connectivity index (χ3n) is 11.4. The van der Waals surface area contributed by atoms with Crippen molar-refractivity contribution in [2.75, 3.05) is 4.90 Å². The van der Waals surface area contributed by atoms with Crippen LogP contribution < -0.4 is 4.90 Å². The third-order valence-corrected chi connectivity index (χ3v) is 11.8. The Hall–Kier alpha value is -5.48. The Balaban J connectivity index is 1.07. The van der Waals surface area contributed by atoms with Gasteiger partial charge in [-0.3, -0.25) is 43.3 Å². The maximum Gasteiger partial charge on any atom is 0.416 e. The Morgan fingerprint density at radius 3 is 1.51 bits per heavy atom. The molecule has 3 aromatic rings. The predicted octanol–water partition coefficient (Wildman–Crippen LogP) is 4.00. The van der Waals surface area contributed by atoms with Gasteiger partial charge in [0, 0.05) is 27.9 Å². The number of ether oxygens (including phenoxy) is 1. The fraction of sp³-hybridized carbons (Fsp3) is 0.333. The third kappa shape index (κ3) is 4.02. The molecule has 53 heavy (non-hydrogen) atoms. The van der Waals surface area contributed by atoms with E-state index in [1.54, 1.807) is 0 Å². The lowest BCUT2D eigenvalue weighted by Crippen LogP contribution is -2.55. The Kier molecular flexibility index (Phi) is 6.79. The summed E-state index contributed by atoms with van der Waals surface area (Å²) in [7, 11) is 0. The molecule has 4 saturated heterocycles. The highest BCUT2D eigenvalue weighted by atomic mass is 35.5. The number of alkyl halides is 3.